The molecule has 1 amide bonds. The number of halogens is 1. The molecule has 2 N–H and O–H groups in total. The van der Waals surface area contributed by atoms with Gasteiger partial charge in [0.25, 0.3) is 0 Å². The van der Waals surface area contributed by atoms with Crippen LogP contribution in [0, 0.1) is 5.92 Å². The van der Waals surface area contributed by atoms with Crippen LogP contribution in [0.3, 0.4) is 0 Å². The fourth-order valence-electron chi connectivity index (χ4n) is 5.61. The van der Waals surface area contributed by atoms with Crippen LogP contribution >= 0.6 is 0 Å². The molecule has 1 unspecified atom stereocenters. The van der Waals surface area contributed by atoms with Gasteiger partial charge in [0.1, 0.15) is 11.7 Å². The molecule has 0 aliphatic carbocycles. The average Bonchev–Trinajstić information content (AvgIpc) is 3.33. The molecule has 2 saturated heterocycles. The van der Waals surface area contributed by atoms with Crippen molar-refractivity contribution >= 4 is 11.6 Å². The number of hydrogen-bond donors (Lipinski definition) is 1. The number of likely N-dealkylation sites (tertiary alicyclic amines) is 2. The summed E-state index contributed by atoms with van der Waals surface area (Å²) in [7, 11) is 0. The van der Waals surface area contributed by atoms with Crippen LogP contribution in [0.1, 0.15) is 57.1 Å². The smallest absolute Gasteiger partial charge is 0.240 e. The van der Waals surface area contributed by atoms with E-state index < -0.39 is 5.67 Å². The molecule has 2 heterocycles. The Kier molecular flexibility index (Phi) is 7.95. The maximum Gasteiger partial charge on any atom is 0.240 e. The first-order valence-electron chi connectivity index (χ1n) is 13.1. The lowest BCUT2D eigenvalue weighted by Crippen LogP contribution is -2.41. The van der Waals surface area contributed by atoms with E-state index in [4.69, 9.17) is 5.73 Å². The molecule has 188 valence electrons. The highest BCUT2D eigenvalue weighted by Gasteiger charge is 2.30. The predicted molar refractivity (Wildman–Crippen MR) is 143 cm³/mol. The first-order valence-corrected chi connectivity index (χ1v) is 13.1. The lowest BCUT2D eigenvalue weighted by Gasteiger charge is -2.34. The van der Waals surface area contributed by atoms with Gasteiger partial charge in [-0.3, -0.25) is 4.79 Å². The highest BCUT2D eigenvalue weighted by Crippen LogP contribution is 2.30. The minimum absolute atomic E-state index is 0.246. The Hall–Kier alpha value is -2.66. The fraction of sp³-hybridized carbons (Fsp3) is 0.500. The van der Waals surface area contributed by atoms with Crippen LogP contribution in [0.15, 0.2) is 55.1 Å². The molecule has 0 radical (unpaired) electrons. The van der Waals surface area contributed by atoms with Crippen molar-refractivity contribution in [2.45, 2.75) is 64.1 Å². The number of piperidine rings is 1. The number of amides is 1. The summed E-state index contributed by atoms with van der Waals surface area (Å²) in [6.45, 7) is 11.0. The third-order valence-electron chi connectivity index (χ3n) is 7.58. The number of benzene rings is 2. The highest BCUT2D eigenvalue weighted by molar-refractivity contribution is 5.82. The molecule has 35 heavy (non-hydrogen) atoms. The van der Waals surface area contributed by atoms with E-state index in [9.17, 15) is 9.18 Å². The van der Waals surface area contributed by atoms with Crippen LogP contribution < -0.4 is 5.73 Å². The second-order valence-corrected chi connectivity index (χ2v) is 11.0. The minimum atomic E-state index is -1.11. The molecule has 4 nitrogen and oxygen atoms in total. The van der Waals surface area contributed by atoms with E-state index in [1.54, 1.807) is 13.8 Å². The summed E-state index contributed by atoms with van der Waals surface area (Å²) in [5, 5.41) is 0. The molecule has 2 aromatic carbocycles. The first-order chi connectivity index (χ1) is 16.7. The monoisotopic (exact) mass is 477 g/mol. The van der Waals surface area contributed by atoms with Gasteiger partial charge < -0.3 is 15.5 Å². The molecule has 4 rings (SSSR count). The second kappa shape index (κ2) is 10.9. The van der Waals surface area contributed by atoms with Crippen molar-refractivity contribution < 1.29 is 9.18 Å². The van der Waals surface area contributed by atoms with E-state index in [2.05, 4.69) is 60.0 Å². The molecule has 2 fully saturated rings. The van der Waals surface area contributed by atoms with E-state index in [1.807, 2.05) is 4.90 Å². The molecule has 5 heteroatoms. The second-order valence-electron chi connectivity index (χ2n) is 11.0. The van der Waals surface area contributed by atoms with Crippen molar-refractivity contribution in [3.8, 4) is 11.1 Å². The molecule has 0 aromatic heterocycles. The molecular formula is C30H40FN3O. The Bertz CT molecular complexity index is 1000. The van der Waals surface area contributed by atoms with Crippen LogP contribution in [0.5, 0.6) is 0 Å². The topological polar surface area (TPSA) is 49.6 Å². The number of nitrogens with two attached hydrogens (primary N) is 1. The van der Waals surface area contributed by atoms with Gasteiger partial charge in [0.15, 0.2) is 0 Å². The maximum atomic E-state index is 13.9. The van der Waals surface area contributed by atoms with Gasteiger partial charge in [0.05, 0.1) is 0 Å². The third-order valence-corrected chi connectivity index (χ3v) is 7.58. The van der Waals surface area contributed by atoms with E-state index in [1.165, 1.54) is 36.0 Å². The summed E-state index contributed by atoms with van der Waals surface area (Å²) in [6.07, 6.45) is 6.40. The zero-order valence-corrected chi connectivity index (χ0v) is 21.3. The zero-order chi connectivity index (χ0) is 25.0. The lowest BCUT2D eigenvalue weighted by atomic mass is 9.90. The van der Waals surface area contributed by atoms with E-state index in [0.29, 0.717) is 6.54 Å². The summed E-state index contributed by atoms with van der Waals surface area (Å²) in [5.41, 5.74) is 10.1. The standard InChI is InChI=1S/C30H40FN3O/c1-22(34-18-4-5-28(34)29(32)35)25-12-14-27(15-13-25)26-10-8-23(9-11-26)6-7-24-16-19-33(20-17-24)21-30(2,3)31/h8-15,24,28H,1,4-7,16-21H2,2-3H3,(H2,32,35). The number of carbonyl (C=O) groups excluding carboxylic acids is 1. The first kappa shape index (κ1) is 25.4. The van der Waals surface area contributed by atoms with Gasteiger partial charge >= 0.3 is 0 Å². The van der Waals surface area contributed by atoms with Crippen molar-refractivity contribution in [1.82, 2.24) is 9.80 Å². The Morgan fingerprint density at radius 2 is 1.60 bits per heavy atom. The van der Waals surface area contributed by atoms with Crippen molar-refractivity contribution in [3.63, 3.8) is 0 Å². The maximum absolute atomic E-state index is 13.9. The van der Waals surface area contributed by atoms with Gasteiger partial charge in [-0.2, -0.15) is 0 Å². The lowest BCUT2D eigenvalue weighted by molar-refractivity contribution is -0.121. The number of hydrogen-bond acceptors (Lipinski definition) is 3. The molecule has 1 atom stereocenters. The highest BCUT2D eigenvalue weighted by atomic mass is 19.1. The Morgan fingerprint density at radius 1 is 1.00 bits per heavy atom. The van der Waals surface area contributed by atoms with Crippen LogP contribution in [-0.2, 0) is 11.2 Å². The van der Waals surface area contributed by atoms with Gasteiger partial charge in [-0.1, -0.05) is 55.1 Å². The van der Waals surface area contributed by atoms with Crippen molar-refractivity contribution in [2.75, 3.05) is 26.2 Å². The van der Waals surface area contributed by atoms with Gasteiger partial charge in [-0.05, 0) is 93.6 Å². The normalized spacial score (nSPS) is 19.7. The summed E-state index contributed by atoms with van der Waals surface area (Å²) in [5.74, 6) is 0.464. The van der Waals surface area contributed by atoms with Crippen molar-refractivity contribution in [1.29, 1.82) is 0 Å². The van der Waals surface area contributed by atoms with Crippen LogP contribution in [0.25, 0.3) is 16.8 Å². The summed E-state index contributed by atoms with van der Waals surface area (Å²) < 4.78 is 13.9. The SMILES string of the molecule is C=C(c1ccc(-c2ccc(CCC3CCN(CC(C)(C)F)CC3)cc2)cc1)N1CCCC1C(N)=O. The number of carbonyl (C=O) groups is 1. The number of rotatable bonds is 9. The van der Waals surface area contributed by atoms with Crippen molar-refractivity contribution in [2.24, 2.45) is 11.7 Å². The van der Waals surface area contributed by atoms with E-state index in [-0.39, 0.29) is 11.9 Å². The Balaban J connectivity index is 1.28. The van der Waals surface area contributed by atoms with E-state index in [0.717, 1.165) is 56.1 Å². The van der Waals surface area contributed by atoms with Crippen molar-refractivity contribution in [3.05, 3.63) is 66.2 Å². The number of nitrogens with zero attached hydrogens (tertiary/aromatic N) is 2. The number of alkyl halides is 1. The largest absolute Gasteiger partial charge is 0.368 e. The molecular weight excluding hydrogens is 437 g/mol. The third kappa shape index (κ3) is 6.72. The van der Waals surface area contributed by atoms with Gasteiger partial charge in [-0.25, -0.2) is 4.39 Å². The van der Waals surface area contributed by atoms with E-state index >= 15 is 0 Å². The quantitative estimate of drug-likeness (QED) is 0.506. The van der Waals surface area contributed by atoms with Crippen LogP contribution in [0.2, 0.25) is 0 Å². The van der Waals surface area contributed by atoms with Gasteiger partial charge in [-0.15, -0.1) is 0 Å². The number of primary amides is 1. The Labute approximate surface area is 210 Å². The average molecular weight is 478 g/mol. The molecule has 0 bridgehead atoms. The van der Waals surface area contributed by atoms with Crippen LogP contribution in [0.4, 0.5) is 4.39 Å². The molecule has 0 spiro atoms. The molecule has 2 aromatic rings. The molecule has 2 aliphatic rings. The summed E-state index contributed by atoms with van der Waals surface area (Å²) in [4.78, 5) is 16.0. The minimum Gasteiger partial charge on any atom is -0.368 e. The molecule has 2 aliphatic heterocycles. The van der Waals surface area contributed by atoms with Gasteiger partial charge in [0.2, 0.25) is 5.91 Å². The summed E-state index contributed by atoms with van der Waals surface area (Å²) in [6, 6.07) is 17.0. The fourth-order valence-corrected chi connectivity index (χ4v) is 5.61. The molecule has 0 saturated carbocycles. The van der Waals surface area contributed by atoms with Gasteiger partial charge in [0, 0.05) is 18.8 Å². The zero-order valence-electron chi connectivity index (χ0n) is 21.3. The Morgan fingerprint density at radius 3 is 2.17 bits per heavy atom. The number of aryl methyl sites for hydroxylation is 1. The summed E-state index contributed by atoms with van der Waals surface area (Å²) >= 11 is 0. The van der Waals surface area contributed by atoms with Crippen LogP contribution in [-0.4, -0.2) is 53.6 Å². The predicted octanol–water partition coefficient (Wildman–Crippen LogP) is 5.67.